The highest BCUT2D eigenvalue weighted by atomic mass is 19.1. The van der Waals surface area contributed by atoms with Crippen molar-refractivity contribution in [1.29, 1.82) is 0 Å². The summed E-state index contributed by atoms with van der Waals surface area (Å²) in [6.07, 6.45) is 9.70. The first-order valence-electron chi connectivity index (χ1n) is 15.3. The van der Waals surface area contributed by atoms with E-state index in [4.69, 9.17) is 0 Å². The minimum atomic E-state index is -0.498. The number of carbonyl (C=O) groups excluding carboxylic acids is 3. The van der Waals surface area contributed by atoms with Crippen LogP contribution >= 0.6 is 0 Å². The van der Waals surface area contributed by atoms with Crippen LogP contribution in [0.4, 0.5) is 4.39 Å². The molecule has 2 aromatic heterocycles. The number of nitrogens with one attached hydrogen (secondary N) is 1. The van der Waals surface area contributed by atoms with E-state index in [1.54, 1.807) is 34.1 Å². The molecule has 42 heavy (non-hydrogen) atoms. The van der Waals surface area contributed by atoms with Gasteiger partial charge in [0.05, 0.1) is 29.0 Å². The van der Waals surface area contributed by atoms with Crippen molar-refractivity contribution in [2.24, 2.45) is 11.8 Å². The summed E-state index contributed by atoms with van der Waals surface area (Å²) in [4.78, 5) is 48.9. The Kier molecular flexibility index (Phi) is 7.64. The van der Waals surface area contributed by atoms with Gasteiger partial charge in [-0.2, -0.15) is 0 Å². The van der Waals surface area contributed by atoms with Gasteiger partial charge in [0, 0.05) is 60.5 Å². The molecule has 2 saturated heterocycles. The van der Waals surface area contributed by atoms with E-state index >= 15 is 0 Å². The molecule has 2 bridgehead atoms. The summed E-state index contributed by atoms with van der Waals surface area (Å²) in [5, 5.41) is 4.25. The number of hydrogen-bond acceptors (Lipinski definition) is 5. The standard InChI is InChI=1S/C33H40FN5O3/c1-19(2)39(20(3)4)32(41)26-16-23(34)6-8-28(26)38-18-27(25-9-12-35-17-29(25)38)31(40)21-10-13-37(14-11-21)33(42)30-22-5-7-24(15-22)36-30/h6,8-9,12,16-22,24,30,36H,5,7,10-11,13-15H2,1-4H3/t22-,24+,30-/m0/s1. The van der Waals surface area contributed by atoms with Crippen molar-refractivity contribution < 1.29 is 18.8 Å². The molecule has 1 aromatic carbocycles. The first kappa shape index (κ1) is 28.5. The maximum absolute atomic E-state index is 14.5. The van der Waals surface area contributed by atoms with Crippen molar-refractivity contribution in [1.82, 2.24) is 24.7 Å². The molecule has 2 amide bonds. The Morgan fingerprint density at radius 2 is 1.74 bits per heavy atom. The Hall–Kier alpha value is -3.59. The first-order valence-corrected chi connectivity index (χ1v) is 15.3. The molecule has 2 aliphatic heterocycles. The lowest BCUT2D eigenvalue weighted by molar-refractivity contribution is -0.135. The number of ketones is 1. The smallest absolute Gasteiger partial charge is 0.256 e. The lowest BCUT2D eigenvalue weighted by atomic mass is 9.88. The van der Waals surface area contributed by atoms with Crippen LogP contribution in [0.1, 0.15) is 80.5 Å². The van der Waals surface area contributed by atoms with Gasteiger partial charge in [0.1, 0.15) is 5.82 Å². The second kappa shape index (κ2) is 11.2. The first-order chi connectivity index (χ1) is 20.1. The van der Waals surface area contributed by atoms with Gasteiger partial charge < -0.3 is 19.7 Å². The van der Waals surface area contributed by atoms with Gasteiger partial charge in [-0.15, -0.1) is 0 Å². The van der Waals surface area contributed by atoms with Gasteiger partial charge in [0.15, 0.2) is 5.78 Å². The third-order valence-electron chi connectivity index (χ3n) is 9.47. The fraction of sp³-hybridized carbons (Fsp3) is 0.515. The molecule has 0 radical (unpaired) electrons. The number of rotatable bonds is 7. The second-order valence-electron chi connectivity index (χ2n) is 12.7. The summed E-state index contributed by atoms with van der Waals surface area (Å²) >= 11 is 0. The average Bonchev–Trinajstić information content (AvgIpc) is 3.71. The maximum Gasteiger partial charge on any atom is 0.256 e. The molecule has 1 saturated carbocycles. The van der Waals surface area contributed by atoms with Gasteiger partial charge in [-0.3, -0.25) is 19.4 Å². The zero-order chi connectivity index (χ0) is 29.7. The van der Waals surface area contributed by atoms with Crippen molar-refractivity contribution in [2.75, 3.05) is 13.1 Å². The number of pyridine rings is 1. The van der Waals surface area contributed by atoms with E-state index in [9.17, 15) is 18.8 Å². The molecule has 4 heterocycles. The minimum Gasteiger partial charge on any atom is -0.341 e. The fourth-order valence-corrected chi connectivity index (χ4v) is 7.48. The molecule has 0 spiro atoms. The van der Waals surface area contributed by atoms with Crippen LogP contribution < -0.4 is 5.32 Å². The lowest BCUT2D eigenvalue weighted by Gasteiger charge is -2.35. The van der Waals surface area contributed by atoms with Gasteiger partial charge in [0.25, 0.3) is 5.91 Å². The highest BCUT2D eigenvalue weighted by Crippen LogP contribution is 2.37. The predicted molar refractivity (Wildman–Crippen MR) is 159 cm³/mol. The van der Waals surface area contributed by atoms with E-state index in [2.05, 4.69) is 10.3 Å². The highest BCUT2D eigenvalue weighted by molar-refractivity contribution is 6.10. The van der Waals surface area contributed by atoms with Gasteiger partial charge in [0.2, 0.25) is 5.91 Å². The van der Waals surface area contributed by atoms with Crippen molar-refractivity contribution in [3.8, 4) is 5.69 Å². The van der Waals surface area contributed by atoms with E-state index in [1.165, 1.54) is 12.1 Å². The van der Waals surface area contributed by atoms with Gasteiger partial charge in [-0.25, -0.2) is 4.39 Å². The number of Topliss-reactive ketones (excluding diaryl/α,β-unsaturated/α-hetero) is 1. The summed E-state index contributed by atoms with van der Waals surface area (Å²) in [6.45, 7) is 8.90. The van der Waals surface area contributed by atoms with Crippen LogP contribution in [0.3, 0.4) is 0 Å². The molecule has 3 atom stereocenters. The molecule has 3 aliphatic rings. The maximum atomic E-state index is 14.5. The Balaban J connectivity index is 1.27. The van der Waals surface area contributed by atoms with E-state index in [-0.39, 0.29) is 47.2 Å². The number of aromatic nitrogens is 2. The minimum absolute atomic E-state index is 0.0241. The summed E-state index contributed by atoms with van der Waals surface area (Å²) in [5.41, 5.74) is 1.97. The number of hydrogen-bond donors (Lipinski definition) is 1. The number of carbonyl (C=O) groups is 3. The molecule has 0 unspecified atom stereocenters. The second-order valence-corrected chi connectivity index (χ2v) is 12.7. The van der Waals surface area contributed by atoms with Crippen LogP contribution in [-0.4, -0.2) is 74.2 Å². The van der Waals surface area contributed by atoms with Gasteiger partial charge >= 0.3 is 0 Å². The molecule has 1 aliphatic carbocycles. The van der Waals surface area contributed by atoms with Crippen LogP contribution in [0.5, 0.6) is 0 Å². The lowest BCUT2D eigenvalue weighted by Crippen LogP contribution is -2.51. The molecule has 8 nitrogen and oxygen atoms in total. The van der Waals surface area contributed by atoms with E-state index in [0.29, 0.717) is 54.7 Å². The number of halogens is 1. The zero-order valence-corrected chi connectivity index (χ0v) is 24.8. The Morgan fingerprint density at radius 3 is 2.38 bits per heavy atom. The third kappa shape index (κ3) is 5.02. The average molecular weight is 574 g/mol. The van der Waals surface area contributed by atoms with Crippen LogP contribution in [0.15, 0.2) is 42.9 Å². The van der Waals surface area contributed by atoms with Crippen molar-refractivity contribution in [3.05, 3.63) is 59.8 Å². The predicted octanol–water partition coefficient (Wildman–Crippen LogP) is 4.99. The van der Waals surface area contributed by atoms with Crippen LogP contribution in [0.25, 0.3) is 16.6 Å². The van der Waals surface area contributed by atoms with E-state index in [0.717, 1.165) is 24.6 Å². The number of nitrogens with zero attached hydrogens (tertiary/aromatic N) is 4. The number of amides is 2. The molecule has 1 N–H and O–H groups in total. The normalized spacial score (nSPS) is 22.5. The van der Waals surface area contributed by atoms with Crippen molar-refractivity contribution in [3.63, 3.8) is 0 Å². The quantitative estimate of drug-likeness (QED) is 0.403. The van der Waals surface area contributed by atoms with E-state index < -0.39 is 5.82 Å². The Bertz CT molecular complexity index is 1520. The Morgan fingerprint density at radius 1 is 1.00 bits per heavy atom. The topological polar surface area (TPSA) is 87.5 Å². The van der Waals surface area contributed by atoms with Gasteiger partial charge in [-0.1, -0.05) is 0 Å². The monoisotopic (exact) mass is 573 g/mol. The SMILES string of the molecule is CC(C)N(C(=O)c1cc(F)ccc1-n1cc(C(=O)C2CCN(C(=O)[C@H]3N[C@@H]4CC[C@H]3C4)CC2)c2ccncc21)C(C)C. The summed E-state index contributed by atoms with van der Waals surface area (Å²) in [5.74, 6) is -0.325. The number of fused-ring (bicyclic) bond motifs is 3. The van der Waals surface area contributed by atoms with E-state index in [1.807, 2.05) is 38.7 Å². The zero-order valence-electron chi connectivity index (χ0n) is 24.8. The Labute approximate surface area is 246 Å². The van der Waals surface area contributed by atoms with Crippen LogP contribution in [0.2, 0.25) is 0 Å². The summed E-state index contributed by atoms with van der Waals surface area (Å²) in [6, 6.07) is 6.27. The third-order valence-corrected chi connectivity index (χ3v) is 9.47. The van der Waals surface area contributed by atoms with Crippen LogP contribution in [-0.2, 0) is 4.79 Å². The fourth-order valence-electron chi connectivity index (χ4n) is 7.48. The number of benzene rings is 1. The molecule has 222 valence electrons. The number of likely N-dealkylation sites (tertiary alicyclic amines) is 1. The summed E-state index contributed by atoms with van der Waals surface area (Å²) < 4.78 is 16.3. The number of piperidine rings is 2. The van der Waals surface area contributed by atoms with Crippen LogP contribution in [0, 0.1) is 17.7 Å². The summed E-state index contributed by atoms with van der Waals surface area (Å²) in [7, 11) is 0. The molecular weight excluding hydrogens is 533 g/mol. The molecule has 3 fully saturated rings. The largest absolute Gasteiger partial charge is 0.341 e. The van der Waals surface area contributed by atoms with Crippen molar-refractivity contribution >= 4 is 28.5 Å². The highest BCUT2D eigenvalue weighted by Gasteiger charge is 2.44. The van der Waals surface area contributed by atoms with Crippen molar-refractivity contribution in [2.45, 2.75) is 84.0 Å². The molecule has 9 heteroatoms. The van der Waals surface area contributed by atoms with Gasteiger partial charge in [-0.05, 0) is 90.0 Å². The molecular formula is C33H40FN5O3. The molecule has 6 rings (SSSR count). The molecule has 3 aromatic rings.